The highest BCUT2D eigenvalue weighted by Gasteiger charge is 2.17. The van der Waals surface area contributed by atoms with Crippen LogP contribution in [0.4, 0.5) is 0 Å². The molecule has 1 aromatic rings. The van der Waals surface area contributed by atoms with Gasteiger partial charge in [-0.05, 0) is 13.0 Å². The van der Waals surface area contributed by atoms with Crippen LogP contribution in [0.5, 0.6) is 5.88 Å². The molecule has 0 saturated carbocycles. The van der Waals surface area contributed by atoms with Crippen LogP contribution in [0.3, 0.4) is 0 Å². The summed E-state index contributed by atoms with van der Waals surface area (Å²) in [4.78, 5) is 18.0. The Hall–Kier alpha value is -1.62. The van der Waals surface area contributed by atoms with Crippen molar-refractivity contribution >= 4 is 5.91 Å². The molecule has 17 heavy (non-hydrogen) atoms. The molecule has 0 unspecified atom stereocenters. The van der Waals surface area contributed by atoms with Gasteiger partial charge in [-0.25, -0.2) is 4.98 Å². The van der Waals surface area contributed by atoms with E-state index in [-0.39, 0.29) is 5.91 Å². The van der Waals surface area contributed by atoms with E-state index in [1.54, 1.807) is 18.3 Å². The van der Waals surface area contributed by atoms with Crippen molar-refractivity contribution in [1.82, 2.24) is 15.2 Å². The predicted octanol–water partition coefficient (Wildman–Crippen LogP) is 0.526. The van der Waals surface area contributed by atoms with Gasteiger partial charge in [0, 0.05) is 38.4 Å². The summed E-state index contributed by atoms with van der Waals surface area (Å²) in [6.45, 7) is 5.71. The average molecular weight is 235 g/mol. The highest BCUT2D eigenvalue weighted by Crippen LogP contribution is 2.10. The zero-order chi connectivity index (χ0) is 12.1. The number of carbonyl (C=O) groups is 1. The fourth-order valence-corrected chi connectivity index (χ4v) is 1.79. The SMILES string of the molecule is CCOc1ccc(C(=O)N2CCNCC2)cn1. The lowest BCUT2D eigenvalue weighted by atomic mass is 10.2. The molecule has 0 aromatic carbocycles. The lowest BCUT2D eigenvalue weighted by Crippen LogP contribution is -2.46. The van der Waals surface area contributed by atoms with Crippen LogP contribution in [0.1, 0.15) is 17.3 Å². The molecular formula is C12H17N3O2. The number of hydrogen-bond acceptors (Lipinski definition) is 4. The number of nitrogens with zero attached hydrogens (tertiary/aromatic N) is 2. The van der Waals surface area contributed by atoms with E-state index < -0.39 is 0 Å². The molecule has 1 fully saturated rings. The number of pyridine rings is 1. The first-order valence-electron chi connectivity index (χ1n) is 5.90. The minimum absolute atomic E-state index is 0.0436. The molecule has 5 nitrogen and oxygen atoms in total. The number of ether oxygens (including phenoxy) is 1. The van der Waals surface area contributed by atoms with Gasteiger partial charge in [-0.3, -0.25) is 4.79 Å². The second-order valence-electron chi connectivity index (χ2n) is 3.86. The first-order valence-corrected chi connectivity index (χ1v) is 5.90. The molecule has 0 aliphatic carbocycles. The fourth-order valence-electron chi connectivity index (χ4n) is 1.79. The number of amides is 1. The molecule has 5 heteroatoms. The molecule has 92 valence electrons. The summed E-state index contributed by atoms with van der Waals surface area (Å²) in [7, 11) is 0. The maximum atomic E-state index is 12.1. The van der Waals surface area contributed by atoms with Gasteiger partial charge in [0.15, 0.2) is 0 Å². The van der Waals surface area contributed by atoms with E-state index in [1.807, 2.05) is 11.8 Å². The number of hydrogen-bond donors (Lipinski definition) is 1. The summed E-state index contributed by atoms with van der Waals surface area (Å²) in [5, 5.41) is 3.22. The molecule has 1 aliphatic heterocycles. The quantitative estimate of drug-likeness (QED) is 0.830. The van der Waals surface area contributed by atoms with E-state index in [1.165, 1.54) is 0 Å². The van der Waals surface area contributed by atoms with Crippen LogP contribution < -0.4 is 10.1 Å². The van der Waals surface area contributed by atoms with Gasteiger partial charge >= 0.3 is 0 Å². The Labute approximate surface area is 101 Å². The lowest BCUT2D eigenvalue weighted by molar-refractivity contribution is 0.0735. The van der Waals surface area contributed by atoms with Crippen molar-refractivity contribution in [2.75, 3.05) is 32.8 Å². The molecular weight excluding hydrogens is 218 g/mol. The van der Waals surface area contributed by atoms with E-state index in [0.717, 1.165) is 26.2 Å². The first kappa shape index (κ1) is 11.9. The van der Waals surface area contributed by atoms with Crippen LogP contribution in [-0.2, 0) is 0 Å². The number of carbonyl (C=O) groups excluding carboxylic acids is 1. The Balaban J connectivity index is 2.03. The fraction of sp³-hybridized carbons (Fsp3) is 0.500. The Morgan fingerprint density at radius 3 is 2.82 bits per heavy atom. The summed E-state index contributed by atoms with van der Waals surface area (Å²) in [6, 6.07) is 3.50. The van der Waals surface area contributed by atoms with Gasteiger partial charge in [-0.1, -0.05) is 0 Å². The van der Waals surface area contributed by atoms with Crippen LogP contribution in [0.15, 0.2) is 18.3 Å². The smallest absolute Gasteiger partial charge is 0.255 e. The molecule has 1 amide bonds. The number of piperazine rings is 1. The van der Waals surface area contributed by atoms with E-state index in [0.29, 0.717) is 18.1 Å². The molecule has 1 aliphatic rings. The molecule has 0 spiro atoms. The third-order valence-corrected chi connectivity index (χ3v) is 2.68. The van der Waals surface area contributed by atoms with Gasteiger partial charge in [0.2, 0.25) is 5.88 Å². The van der Waals surface area contributed by atoms with Gasteiger partial charge in [-0.15, -0.1) is 0 Å². The average Bonchev–Trinajstić information content (AvgIpc) is 2.40. The predicted molar refractivity (Wildman–Crippen MR) is 64.2 cm³/mol. The summed E-state index contributed by atoms with van der Waals surface area (Å²) >= 11 is 0. The normalized spacial score (nSPS) is 15.7. The van der Waals surface area contributed by atoms with Crippen LogP contribution >= 0.6 is 0 Å². The topological polar surface area (TPSA) is 54.5 Å². The highest BCUT2D eigenvalue weighted by molar-refractivity contribution is 5.94. The Bertz CT molecular complexity index is 372. The van der Waals surface area contributed by atoms with Crippen molar-refractivity contribution in [3.63, 3.8) is 0 Å². The van der Waals surface area contributed by atoms with Crippen LogP contribution in [-0.4, -0.2) is 48.6 Å². The minimum atomic E-state index is 0.0436. The number of rotatable bonds is 3. The summed E-state index contributed by atoms with van der Waals surface area (Å²) < 4.78 is 5.24. The molecule has 0 atom stereocenters. The Morgan fingerprint density at radius 1 is 1.47 bits per heavy atom. The molecule has 2 rings (SSSR count). The highest BCUT2D eigenvalue weighted by atomic mass is 16.5. The van der Waals surface area contributed by atoms with Gasteiger partial charge in [-0.2, -0.15) is 0 Å². The van der Waals surface area contributed by atoms with E-state index >= 15 is 0 Å². The monoisotopic (exact) mass is 235 g/mol. The molecule has 1 saturated heterocycles. The third-order valence-electron chi connectivity index (χ3n) is 2.68. The number of nitrogens with one attached hydrogen (secondary N) is 1. The lowest BCUT2D eigenvalue weighted by Gasteiger charge is -2.27. The van der Waals surface area contributed by atoms with Crippen molar-refractivity contribution in [2.24, 2.45) is 0 Å². The van der Waals surface area contributed by atoms with E-state index in [4.69, 9.17) is 4.74 Å². The van der Waals surface area contributed by atoms with Crippen molar-refractivity contribution in [2.45, 2.75) is 6.92 Å². The molecule has 1 N–H and O–H groups in total. The van der Waals surface area contributed by atoms with Crippen LogP contribution in [0, 0.1) is 0 Å². The van der Waals surface area contributed by atoms with Crippen molar-refractivity contribution in [1.29, 1.82) is 0 Å². The molecule has 1 aromatic heterocycles. The van der Waals surface area contributed by atoms with Gasteiger partial charge in [0.05, 0.1) is 12.2 Å². The van der Waals surface area contributed by atoms with Crippen molar-refractivity contribution in [3.8, 4) is 5.88 Å². The second kappa shape index (κ2) is 5.63. The first-order chi connectivity index (χ1) is 8.31. The summed E-state index contributed by atoms with van der Waals surface area (Å²) in [5.41, 5.74) is 0.621. The third kappa shape index (κ3) is 2.94. The molecule has 2 heterocycles. The van der Waals surface area contributed by atoms with Gasteiger partial charge < -0.3 is 15.0 Å². The number of aromatic nitrogens is 1. The van der Waals surface area contributed by atoms with Crippen molar-refractivity contribution < 1.29 is 9.53 Å². The Kier molecular flexibility index (Phi) is 3.93. The second-order valence-corrected chi connectivity index (χ2v) is 3.86. The zero-order valence-electron chi connectivity index (χ0n) is 9.98. The maximum absolute atomic E-state index is 12.1. The standard InChI is InChI=1S/C12H17N3O2/c1-2-17-11-4-3-10(9-14-11)12(16)15-7-5-13-6-8-15/h3-4,9,13H,2,5-8H2,1H3. The van der Waals surface area contributed by atoms with E-state index in [9.17, 15) is 4.79 Å². The minimum Gasteiger partial charge on any atom is -0.478 e. The van der Waals surface area contributed by atoms with Crippen LogP contribution in [0.2, 0.25) is 0 Å². The Morgan fingerprint density at radius 2 is 2.24 bits per heavy atom. The van der Waals surface area contributed by atoms with Crippen molar-refractivity contribution in [3.05, 3.63) is 23.9 Å². The molecule has 0 radical (unpaired) electrons. The summed E-state index contributed by atoms with van der Waals surface area (Å²) in [5.74, 6) is 0.603. The van der Waals surface area contributed by atoms with Gasteiger partial charge in [0.1, 0.15) is 0 Å². The van der Waals surface area contributed by atoms with Gasteiger partial charge in [0.25, 0.3) is 5.91 Å². The van der Waals surface area contributed by atoms with Crippen LogP contribution in [0.25, 0.3) is 0 Å². The summed E-state index contributed by atoms with van der Waals surface area (Å²) in [6.07, 6.45) is 1.58. The largest absolute Gasteiger partial charge is 0.478 e. The maximum Gasteiger partial charge on any atom is 0.255 e. The van der Waals surface area contributed by atoms with E-state index in [2.05, 4.69) is 10.3 Å². The molecule has 0 bridgehead atoms. The zero-order valence-corrected chi connectivity index (χ0v) is 9.98.